The van der Waals surface area contributed by atoms with Crippen molar-refractivity contribution in [2.45, 2.75) is 56.4 Å². The van der Waals surface area contributed by atoms with Crippen molar-refractivity contribution in [2.75, 3.05) is 19.6 Å². The van der Waals surface area contributed by atoms with E-state index in [-0.39, 0.29) is 29.9 Å². The van der Waals surface area contributed by atoms with Crippen molar-refractivity contribution in [3.05, 3.63) is 65.5 Å². The van der Waals surface area contributed by atoms with Crippen LogP contribution >= 0.6 is 0 Å². The molecule has 2 aromatic rings. The van der Waals surface area contributed by atoms with Gasteiger partial charge in [0.15, 0.2) is 5.78 Å². The summed E-state index contributed by atoms with van der Waals surface area (Å²) in [5, 5.41) is 2.43. The van der Waals surface area contributed by atoms with Crippen molar-refractivity contribution in [3.8, 4) is 0 Å². The topological polar surface area (TPSA) is 62.3 Å². The molecule has 2 fully saturated rings. The van der Waals surface area contributed by atoms with Crippen LogP contribution in [0.4, 0.5) is 17.6 Å². The molecule has 0 bridgehead atoms. The summed E-state index contributed by atoms with van der Waals surface area (Å²) < 4.78 is 53.9. The summed E-state index contributed by atoms with van der Waals surface area (Å²) in [5.74, 6) is -0.702. The van der Waals surface area contributed by atoms with Crippen LogP contribution in [0.3, 0.4) is 0 Å². The summed E-state index contributed by atoms with van der Waals surface area (Å²) in [6, 6.07) is 7.96. The number of alkyl halides is 4. The number of carbonyl (C=O) groups is 2. The highest BCUT2D eigenvalue weighted by molar-refractivity contribution is 5.96. The minimum atomic E-state index is -4.54. The Morgan fingerprint density at radius 3 is 2.57 bits per heavy atom. The molecule has 1 aliphatic carbocycles. The Morgan fingerprint density at radius 1 is 1.11 bits per heavy atom. The van der Waals surface area contributed by atoms with Gasteiger partial charge in [0, 0.05) is 42.5 Å². The minimum Gasteiger partial charge on any atom is -0.345 e. The second kappa shape index (κ2) is 10.4. The molecule has 1 aliphatic heterocycles. The number of Topliss-reactive ketones (excluding diaryl/α,β-unsaturated/α-hetero) is 1. The fourth-order valence-corrected chi connectivity index (χ4v) is 5.21. The third-order valence-electron chi connectivity index (χ3n) is 7.17. The van der Waals surface area contributed by atoms with Crippen molar-refractivity contribution >= 4 is 11.7 Å². The third kappa shape index (κ3) is 6.25. The quantitative estimate of drug-likeness (QED) is 0.559. The van der Waals surface area contributed by atoms with Gasteiger partial charge in [0.05, 0.1) is 12.1 Å². The summed E-state index contributed by atoms with van der Waals surface area (Å²) in [6.07, 6.45) is 2.25. The maximum absolute atomic E-state index is 15.4. The average molecular weight is 492 g/mol. The number of aromatic nitrogens is 1. The Morgan fingerprint density at radius 2 is 1.89 bits per heavy atom. The van der Waals surface area contributed by atoms with E-state index in [0.717, 1.165) is 44.5 Å². The molecule has 1 aromatic carbocycles. The average Bonchev–Trinajstić information content (AvgIpc) is 3.31. The molecule has 2 aliphatic rings. The molecule has 35 heavy (non-hydrogen) atoms. The van der Waals surface area contributed by atoms with Crippen molar-refractivity contribution < 1.29 is 27.2 Å². The number of ketones is 1. The van der Waals surface area contributed by atoms with Gasteiger partial charge in [-0.05, 0) is 68.8 Å². The molecule has 1 amide bonds. The first-order chi connectivity index (χ1) is 16.6. The molecule has 4 rings (SSSR count). The van der Waals surface area contributed by atoms with E-state index in [4.69, 9.17) is 0 Å². The van der Waals surface area contributed by atoms with Gasteiger partial charge in [0.1, 0.15) is 5.67 Å². The van der Waals surface area contributed by atoms with Crippen molar-refractivity contribution in [3.63, 3.8) is 0 Å². The lowest BCUT2D eigenvalue weighted by molar-refractivity contribution is -0.137. The van der Waals surface area contributed by atoms with Crippen molar-refractivity contribution in [2.24, 2.45) is 5.92 Å². The van der Waals surface area contributed by atoms with Gasteiger partial charge >= 0.3 is 6.18 Å². The largest absolute Gasteiger partial charge is 0.416 e. The van der Waals surface area contributed by atoms with Gasteiger partial charge in [0.2, 0.25) is 0 Å². The predicted octanol–water partition coefficient (Wildman–Crippen LogP) is 4.92. The smallest absolute Gasteiger partial charge is 0.345 e. The Labute approximate surface area is 201 Å². The summed E-state index contributed by atoms with van der Waals surface area (Å²) in [5.41, 5.74) is -1.74. The van der Waals surface area contributed by atoms with Crippen LogP contribution in [0, 0.1) is 5.92 Å². The molecule has 1 saturated carbocycles. The summed E-state index contributed by atoms with van der Waals surface area (Å²) in [7, 11) is 0. The Hall–Kier alpha value is -2.81. The van der Waals surface area contributed by atoms with Crippen molar-refractivity contribution in [1.29, 1.82) is 0 Å². The van der Waals surface area contributed by atoms with Crippen LogP contribution in [0.2, 0.25) is 0 Å². The Kier molecular flexibility index (Phi) is 7.54. The lowest BCUT2D eigenvalue weighted by Crippen LogP contribution is -2.40. The van der Waals surface area contributed by atoms with Crippen LogP contribution in [0.5, 0.6) is 0 Å². The van der Waals surface area contributed by atoms with E-state index in [2.05, 4.69) is 15.2 Å². The SMILES string of the molecule is O=C(CNC(=O)c1cccc(C(F)(F)F)c1)CC1CCN(C2CCC(F)(c3cccnc3)CC2)C1. The first-order valence-electron chi connectivity index (χ1n) is 11.9. The van der Waals surface area contributed by atoms with E-state index >= 15 is 4.39 Å². The zero-order chi connectivity index (χ0) is 25.1. The van der Waals surface area contributed by atoms with Crippen LogP contribution in [-0.2, 0) is 16.6 Å². The minimum absolute atomic E-state index is 0.132. The number of amides is 1. The number of halogens is 4. The molecule has 188 valence electrons. The van der Waals surface area contributed by atoms with E-state index in [1.165, 1.54) is 12.1 Å². The third-order valence-corrected chi connectivity index (χ3v) is 7.17. The molecule has 1 saturated heterocycles. The number of pyridine rings is 1. The zero-order valence-electron chi connectivity index (χ0n) is 19.4. The fourth-order valence-electron chi connectivity index (χ4n) is 5.21. The van der Waals surface area contributed by atoms with Gasteiger partial charge in [-0.25, -0.2) is 4.39 Å². The predicted molar refractivity (Wildman–Crippen MR) is 122 cm³/mol. The van der Waals surface area contributed by atoms with Crippen LogP contribution in [0.25, 0.3) is 0 Å². The molecule has 1 aromatic heterocycles. The van der Waals surface area contributed by atoms with Gasteiger partial charge in [-0.2, -0.15) is 13.2 Å². The molecular weight excluding hydrogens is 462 g/mol. The molecule has 0 spiro atoms. The lowest BCUT2D eigenvalue weighted by Gasteiger charge is -2.38. The number of hydrogen-bond donors (Lipinski definition) is 1. The highest BCUT2D eigenvalue weighted by atomic mass is 19.4. The maximum Gasteiger partial charge on any atom is 0.416 e. The molecule has 1 N–H and O–H groups in total. The Balaban J connectivity index is 1.21. The molecule has 2 heterocycles. The maximum atomic E-state index is 15.4. The number of likely N-dealkylation sites (tertiary alicyclic amines) is 1. The van der Waals surface area contributed by atoms with Gasteiger partial charge in [-0.3, -0.25) is 14.6 Å². The van der Waals surface area contributed by atoms with E-state index in [1.807, 2.05) is 0 Å². The van der Waals surface area contributed by atoms with Crippen LogP contribution < -0.4 is 5.32 Å². The second-order valence-electron chi connectivity index (χ2n) is 9.59. The summed E-state index contributed by atoms with van der Waals surface area (Å²) >= 11 is 0. The van der Waals surface area contributed by atoms with Gasteiger partial charge < -0.3 is 10.2 Å². The summed E-state index contributed by atoms with van der Waals surface area (Å²) in [4.78, 5) is 31.0. The van der Waals surface area contributed by atoms with E-state index in [0.29, 0.717) is 24.8 Å². The van der Waals surface area contributed by atoms with Crippen LogP contribution in [0.1, 0.15) is 60.0 Å². The second-order valence-corrected chi connectivity index (χ2v) is 9.59. The summed E-state index contributed by atoms with van der Waals surface area (Å²) in [6.45, 7) is 1.39. The van der Waals surface area contributed by atoms with Crippen molar-refractivity contribution in [1.82, 2.24) is 15.2 Å². The lowest BCUT2D eigenvalue weighted by atomic mass is 9.79. The fraction of sp³-hybridized carbons (Fsp3) is 0.500. The van der Waals surface area contributed by atoms with Gasteiger partial charge in [0.25, 0.3) is 5.91 Å². The first kappa shape index (κ1) is 25.3. The number of benzene rings is 1. The highest BCUT2D eigenvalue weighted by Gasteiger charge is 2.40. The number of hydrogen-bond acceptors (Lipinski definition) is 4. The van der Waals surface area contributed by atoms with Crippen LogP contribution in [0.15, 0.2) is 48.8 Å². The first-order valence-corrected chi connectivity index (χ1v) is 11.9. The molecule has 5 nitrogen and oxygen atoms in total. The van der Waals surface area contributed by atoms with Gasteiger partial charge in [-0.15, -0.1) is 0 Å². The molecule has 9 heteroatoms. The molecular formula is C26H29F4N3O2. The molecule has 0 radical (unpaired) electrons. The van der Waals surface area contributed by atoms with Crippen LogP contribution in [-0.4, -0.2) is 47.3 Å². The van der Waals surface area contributed by atoms with E-state index in [1.54, 1.807) is 24.5 Å². The standard InChI is InChI=1S/C26H29F4N3O2/c27-25(21-5-2-11-31-15-21)9-6-22(7-10-25)33-12-8-18(17-33)13-23(34)16-32-24(35)19-3-1-4-20(14-19)26(28,29)30/h1-5,11,14-15,18,22H,6-10,12-13,16-17H2,(H,32,35). The van der Waals surface area contributed by atoms with E-state index in [9.17, 15) is 22.8 Å². The molecule has 1 atom stereocenters. The number of rotatable bonds is 7. The highest BCUT2D eigenvalue weighted by Crippen LogP contribution is 2.42. The van der Waals surface area contributed by atoms with Gasteiger partial charge in [-0.1, -0.05) is 12.1 Å². The monoisotopic (exact) mass is 491 g/mol. The number of nitrogens with zero attached hydrogens (tertiary/aromatic N) is 2. The molecule has 1 unspecified atom stereocenters. The van der Waals surface area contributed by atoms with E-state index < -0.39 is 23.3 Å². The number of carbonyl (C=O) groups excluding carboxylic acids is 2. The normalized spacial score (nSPS) is 25.4. The Bertz CT molecular complexity index is 1040. The zero-order valence-corrected chi connectivity index (χ0v) is 19.4. The number of nitrogens with one attached hydrogen (secondary N) is 1.